The lowest BCUT2D eigenvalue weighted by molar-refractivity contribution is 0.298. The Labute approximate surface area is 121 Å². The maximum Gasteiger partial charge on any atom is 0.128 e. The van der Waals surface area contributed by atoms with Crippen LogP contribution >= 0.6 is 15.9 Å². The second-order valence-corrected chi connectivity index (χ2v) is 6.04. The third-order valence-electron chi connectivity index (χ3n) is 3.86. The summed E-state index contributed by atoms with van der Waals surface area (Å²) < 4.78 is 3.24. The molecule has 2 atom stereocenters. The van der Waals surface area contributed by atoms with Crippen LogP contribution in [-0.4, -0.2) is 27.6 Å². The van der Waals surface area contributed by atoms with Gasteiger partial charge in [-0.15, -0.1) is 0 Å². The van der Waals surface area contributed by atoms with E-state index in [-0.39, 0.29) is 0 Å². The highest BCUT2D eigenvalue weighted by molar-refractivity contribution is 9.10. The number of imidazole rings is 1. The minimum atomic E-state index is 0.474. The number of nitrogens with zero attached hydrogens (tertiary/aromatic N) is 4. The molecule has 0 aromatic carbocycles. The number of piperidine rings is 1. The predicted octanol–water partition coefficient (Wildman–Crippen LogP) is 3.13. The monoisotopic (exact) mass is 320 g/mol. The topological polar surface area (TPSA) is 34.0 Å². The Kier molecular flexibility index (Phi) is 3.55. The summed E-state index contributed by atoms with van der Waals surface area (Å²) in [6.45, 7) is 4.38. The summed E-state index contributed by atoms with van der Waals surface area (Å²) in [6, 6.07) is 4.60. The fraction of sp³-hybridized carbons (Fsp3) is 0.429. The van der Waals surface area contributed by atoms with Crippen LogP contribution in [0.2, 0.25) is 0 Å². The third kappa shape index (κ3) is 2.66. The summed E-state index contributed by atoms with van der Waals surface area (Å²) in [5, 5.41) is 0. The highest BCUT2D eigenvalue weighted by Crippen LogP contribution is 2.29. The smallest absolute Gasteiger partial charge is 0.128 e. The molecular formula is C14H17BrN4. The van der Waals surface area contributed by atoms with E-state index in [9.17, 15) is 0 Å². The summed E-state index contributed by atoms with van der Waals surface area (Å²) in [7, 11) is 0. The van der Waals surface area contributed by atoms with Crippen molar-refractivity contribution in [3.8, 4) is 0 Å². The van der Waals surface area contributed by atoms with Gasteiger partial charge in [-0.05, 0) is 40.4 Å². The van der Waals surface area contributed by atoms with Crippen molar-refractivity contribution >= 4 is 21.7 Å². The largest absolute Gasteiger partial charge is 0.355 e. The number of halogens is 1. The average molecular weight is 321 g/mol. The van der Waals surface area contributed by atoms with Gasteiger partial charge in [-0.3, -0.25) is 0 Å². The minimum absolute atomic E-state index is 0.474. The molecule has 1 fully saturated rings. The quantitative estimate of drug-likeness (QED) is 0.852. The van der Waals surface area contributed by atoms with Crippen molar-refractivity contribution in [2.24, 2.45) is 5.92 Å². The zero-order chi connectivity index (χ0) is 13.2. The Bertz CT molecular complexity index is 523. The second kappa shape index (κ2) is 5.33. The van der Waals surface area contributed by atoms with E-state index in [1.807, 2.05) is 24.8 Å². The number of rotatable bonds is 2. The molecule has 1 aliphatic rings. The first-order valence-corrected chi connectivity index (χ1v) is 7.37. The van der Waals surface area contributed by atoms with E-state index in [1.54, 1.807) is 0 Å². The van der Waals surface area contributed by atoms with Crippen molar-refractivity contribution in [1.29, 1.82) is 0 Å². The van der Waals surface area contributed by atoms with Crippen molar-refractivity contribution < 1.29 is 0 Å². The Hall–Kier alpha value is -1.36. The zero-order valence-corrected chi connectivity index (χ0v) is 12.5. The molecule has 2 aromatic rings. The normalized spacial score (nSPS) is 23.6. The molecule has 1 aliphatic heterocycles. The summed E-state index contributed by atoms with van der Waals surface area (Å²) in [4.78, 5) is 11.0. The van der Waals surface area contributed by atoms with Crippen LogP contribution in [-0.2, 0) is 0 Å². The first-order valence-electron chi connectivity index (χ1n) is 6.58. The van der Waals surface area contributed by atoms with Crippen LogP contribution in [0.25, 0.3) is 0 Å². The summed E-state index contributed by atoms with van der Waals surface area (Å²) in [5.41, 5.74) is 0. The molecular weight excluding hydrogens is 304 g/mol. The Balaban J connectivity index is 1.80. The highest BCUT2D eigenvalue weighted by Gasteiger charge is 2.27. The van der Waals surface area contributed by atoms with Gasteiger partial charge in [0.15, 0.2) is 0 Å². The van der Waals surface area contributed by atoms with Crippen LogP contribution in [0.1, 0.15) is 19.4 Å². The lowest BCUT2D eigenvalue weighted by Crippen LogP contribution is -2.40. The molecule has 0 unspecified atom stereocenters. The fourth-order valence-corrected chi connectivity index (χ4v) is 2.90. The molecule has 3 rings (SSSR count). The lowest BCUT2D eigenvalue weighted by atomic mass is 9.93. The van der Waals surface area contributed by atoms with Crippen LogP contribution in [0.4, 0.5) is 5.82 Å². The molecule has 0 bridgehead atoms. The maximum absolute atomic E-state index is 4.50. The number of anilines is 1. The Morgan fingerprint density at radius 1 is 1.37 bits per heavy atom. The molecule has 19 heavy (non-hydrogen) atoms. The van der Waals surface area contributed by atoms with Crippen molar-refractivity contribution in [2.75, 3.05) is 18.0 Å². The van der Waals surface area contributed by atoms with Crippen molar-refractivity contribution in [2.45, 2.75) is 19.4 Å². The maximum atomic E-state index is 4.50. The molecule has 0 saturated carbocycles. The van der Waals surface area contributed by atoms with E-state index >= 15 is 0 Å². The second-order valence-electron chi connectivity index (χ2n) is 5.12. The standard InChI is InChI=1S/C14H17BrN4/c1-11-4-6-18(14-3-2-12(15)8-17-14)9-13(11)19-7-5-16-10-19/h2-3,5,7-8,10-11,13H,4,6,9H2,1H3/t11-,13-/m1/s1. The Morgan fingerprint density at radius 2 is 2.26 bits per heavy atom. The first kappa shape index (κ1) is 12.7. The minimum Gasteiger partial charge on any atom is -0.355 e. The molecule has 4 nitrogen and oxygen atoms in total. The van der Waals surface area contributed by atoms with Crippen molar-refractivity contribution in [3.05, 3.63) is 41.5 Å². The van der Waals surface area contributed by atoms with Gasteiger partial charge in [0.25, 0.3) is 0 Å². The Morgan fingerprint density at radius 3 is 2.95 bits per heavy atom. The van der Waals surface area contributed by atoms with Crippen LogP contribution in [0.5, 0.6) is 0 Å². The van der Waals surface area contributed by atoms with Gasteiger partial charge in [0.1, 0.15) is 5.82 Å². The van der Waals surface area contributed by atoms with Crippen molar-refractivity contribution in [1.82, 2.24) is 14.5 Å². The van der Waals surface area contributed by atoms with E-state index < -0.39 is 0 Å². The molecule has 0 amide bonds. The van der Waals surface area contributed by atoms with Crippen LogP contribution in [0.3, 0.4) is 0 Å². The van der Waals surface area contributed by atoms with Gasteiger partial charge in [-0.1, -0.05) is 6.92 Å². The van der Waals surface area contributed by atoms with E-state index in [0.717, 1.165) is 23.4 Å². The van der Waals surface area contributed by atoms with E-state index in [2.05, 4.69) is 54.6 Å². The van der Waals surface area contributed by atoms with Gasteiger partial charge in [-0.2, -0.15) is 0 Å². The molecule has 3 heterocycles. The number of pyridine rings is 1. The van der Waals surface area contributed by atoms with Crippen LogP contribution in [0.15, 0.2) is 41.5 Å². The molecule has 0 radical (unpaired) electrons. The predicted molar refractivity (Wildman–Crippen MR) is 79.2 cm³/mol. The molecule has 1 saturated heterocycles. The summed E-state index contributed by atoms with van der Waals surface area (Å²) in [6.07, 6.45) is 8.86. The summed E-state index contributed by atoms with van der Waals surface area (Å²) in [5.74, 6) is 1.72. The molecule has 5 heteroatoms. The van der Waals surface area contributed by atoms with Gasteiger partial charge < -0.3 is 9.47 Å². The van der Waals surface area contributed by atoms with Crippen molar-refractivity contribution in [3.63, 3.8) is 0 Å². The summed E-state index contributed by atoms with van der Waals surface area (Å²) >= 11 is 3.43. The molecule has 100 valence electrons. The number of hydrogen-bond donors (Lipinski definition) is 0. The average Bonchev–Trinajstić information content (AvgIpc) is 2.94. The van der Waals surface area contributed by atoms with Crippen LogP contribution < -0.4 is 4.90 Å². The SMILES string of the molecule is C[C@@H]1CCN(c2ccc(Br)cn2)C[C@H]1n1ccnc1. The molecule has 0 N–H and O–H groups in total. The molecule has 0 spiro atoms. The van der Waals surface area contributed by atoms with Gasteiger partial charge in [0, 0.05) is 36.2 Å². The van der Waals surface area contributed by atoms with Gasteiger partial charge >= 0.3 is 0 Å². The van der Waals surface area contributed by atoms with Crippen LogP contribution in [0, 0.1) is 5.92 Å². The van der Waals surface area contributed by atoms with E-state index in [0.29, 0.717) is 12.0 Å². The molecule has 0 aliphatic carbocycles. The van der Waals surface area contributed by atoms with Gasteiger partial charge in [0.2, 0.25) is 0 Å². The number of aromatic nitrogens is 3. The van der Waals surface area contributed by atoms with Gasteiger partial charge in [0.05, 0.1) is 12.4 Å². The number of hydrogen-bond acceptors (Lipinski definition) is 3. The zero-order valence-electron chi connectivity index (χ0n) is 10.9. The fourth-order valence-electron chi connectivity index (χ4n) is 2.67. The third-order valence-corrected chi connectivity index (χ3v) is 4.33. The molecule has 2 aromatic heterocycles. The highest BCUT2D eigenvalue weighted by atomic mass is 79.9. The van der Waals surface area contributed by atoms with E-state index in [4.69, 9.17) is 0 Å². The first-order chi connectivity index (χ1) is 9.24. The van der Waals surface area contributed by atoms with Gasteiger partial charge in [-0.25, -0.2) is 9.97 Å². The lowest BCUT2D eigenvalue weighted by Gasteiger charge is -2.38. The van der Waals surface area contributed by atoms with E-state index in [1.165, 1.54) is 6.42 Å².